The summed E-state index contributed by atoms with van der Waals surface area (Å²) in [6.45, 7) is 1.86. The van der Waals surface area contributed by atoms with Crippen molar-refractivity contribution in [3.05, 3.63) is 63.9 Å². The van der Waals surface area contributed by atoms with E-state index >= 15 is 0 Å². The van der Waals surface area contributed by atoms with Gasteiger partial charge < -0.3 is 4.74 Å². The number of rotatable bonds is 3. The van der Waals surface area contributed by atoms with Crippen molar-refractivity contribution in [3.63, 3.8) is 0 Å². The first-order valence-electron chi connectivity index (χ1n) is 7.39. The number of allylic oxidation sites excluding steroid dienone is 2. The van der Waals surface area contributed by atoms with Crippen LogP contribution in [-0.4, -0.2) is 18.8 Å². The van der Waals surface area contributed by atoms with Crippen molar-refractivity contribution >= 4 is 40.4 Å². The average molecular weight is 323 g/mol. The summed E-state index contributed by atoms with van der Waals surface area (Å²) < 4.78 is 4.89. The van der Waals surface area contributed by atoms with Crippen LogP contribution in [0.4, 0.5) is 5.69 Å². The van der Waals surface area contributed by atoms with Crippen LogP contribution in [0.25, 0.3) is 11.6 Å². The number of ether oxygens (including phenoxy) is 1. The molecular weight excluding hydrogens is 306 g/mol. The zero-order chi connectivity index (χ0) is 16.2. The first-order chi connectivity index (χ1) is 11.2. The second kappa shape index (κ2) is 6.75. The van der Waals surface area contributed by atoms with Gasteiger partial charge >= 0.3 is 5.97 Å². The van der Waals surface area contributed by atoms with Crippen molar-refractivity contribution in [2.45, 2.75) is 13.3 Å². The molecule has 4 heteroatoms. The fourth-order valence-corrected chi connectivity index (χ4v) is 3.58. The number of para-hydroxylation sites is 1. The lowest BCUT2D eigenvalue weighted by atomic mass is 9.95. The van der Waals surface area contributed by atoms with E-state index in [9.17, 15) is 4.79 Å². The van der Waals surface area contributed by atoms with Crippen LogP contribution in [0, 0.1) is 0 Å². The highest BCUT2D eigenvalue weighted by atomic mass is 32.1. The summed E-state index contributed by atoms with van der Waals surface area (Å²) in [5, 5.41) is 2.02. The molecule has 3 rings (SSSR count). The Bertz CT molecular complexity index is 813. The van der Waals surface area contributed by atoms with Gasteiger partial charge in [0.25, 0.3) is 0 Å². The summed E-state index contributed by atoms with van der Waals surface area (Å²) in [7, 11) is 1.41. The molecule has 0 radical (unpaired) electrons. The van der Waals surface area contributed by atoms with Gasteiger partial charge in [0.1, 0.15) is 0 Å². The number of thiophene rings is 1. The molecule has 1 aromatic carbocycles. The zero-order valence-electron chi connectivity index (χ0n) is 13.1. The molecule has 0 spiro atoms. The van der Waals surface area contributed by atoms with Crippen molar-refractivity contribution in [1.82, 2.24) is 0 Å². The van der Waals surface area contributed by atoms with Crippen LogP contribution < -0.4 is 0 Å². The van der Waals surface area contributed by atoms with Gasteiger partial charge in [-0.05, 0) is 42.2 Å². The molecular formula is C19H17NO2S. The van der Waals surface area contributed by atoms with Crippen LogP contribution in [0.1, 0.15) is 22.9 Å². The van der Waals surface area contributed by atoms with Crippen molar-refractivity contribution in [1.29, 1.82) is 0 Å². The van der Waals surface area contributed by atoms with Crippen LogP contribution in [0.3, 0.4) is 0 Å². The smallest absolute Gasteiger partial charge is 0.338 e. The number of aliphatic imine (C=N–C) groups is 1. The molecule has 0 aliphatic heterocycles. The maximum atomic E-state index is 12.0. The molecule has 23 heavy (non-hydrogen) atoms. The van der Waals surface area contributed by atoms with Crippen molar-refractivity contribution in [3.8, 4) is 0 Å². The zero-order valence-corrected chi connectivity index (χ0v) is 13.9. The third-order valence-corrected chi connectivity index (χ3v) is 4.71. The monoisotopic (exact) mass is 323 g/mol. The number of fused-ring (bicyclic) bond motifs is 1. The lowest BCUT2D eigenvalue weighted by Gasteiger charge is -2.12. The Morgan fingerprint density at radius 2 is 2.04 bits per heavy atom. The summed E-state index contributed by atoms with van der Waals surface area (Å²) in [6, 6.07) is 9.89. The fraction of sp³-hybridized carbons (Fsp3) is 0.158. The Morgan fingerprint density at radius 1 is 1.26 bits per heavy atom. The van der Waals surface area contributed by atoms with E-state index in [0.717, 1.165) is 22.5 Å². The van der Waals surface area contributed by atoms with Gasteiger partial charge in [-0.15, -0.1) is 11.3 Å². The summed E-state index contributed by atoms with van der Waals surface area (Å²) in [4.78, 5) is 17.8. The summed E-state index contributed by atoms with van der Waals surface area (Å²) >= 11 is 1.64. The van der Waals surface area contributed by atoms with Crippen LogP contribution in [0.2, 0.25) is 0 Å². The van der Waals surface area contributed by atoms with Crippen LogP contribution in [-0.2, 0) is 16.0 Å². The van der Waals surface area contributed by atoms with Crippen LogP contribution in [0.5, 0.6) is 0 Å². The largest absolute Gasteiger partial charge is 0.465 e. The molecule has 0 fully saturated rings. The van der Waals surface area contributed by atoms with Crippen molar-refractivity contribution in [2.24, 2.45) is 4.99 Å². The van der Waals surface area contributed by atoms with E-state index in [0.29, 0.717) is 12.0 Å². The van der Waals surface area contributed by atoms with E-state index in [1.165, 1.54) is 12.0 Å². The number of esters is 1. The number of carbonyl (C=O) groups is 1. The normalized spacial score (nSPS) is 15.6. The molecule has 0 N–H and O–H groups in total. The molecule has 2 aromatic rings. The maximum Gasteiger partial charge on any atom is 0.338 e. The molecule has 1 aliphatic carbocycles. The van der Waals surface area contributed by atoms with E-state index in [2.05, 4.69) is 11.1 Å². The van der Waals surface area contributed by atoms with Crippen molar-refractivity contribution < 1.29 is 9.53 Å². The van der Waals surface area contributed by atoms with Gasteiger partial charge in [0.2, 0.25) is 0 Å². The van der Waals surface area contributed by atoms with Gasteiger partial charge in [0, 0.05) is 22.6 Å². The van der Waals surface area contributed by atoms with Gasteiger partial charge in [-0.2, -0.15) is 0 Å². The predicted octanol–water partition coefficient (Wildman–Crippen LogP) is 4.67. The Hall–Kier alpha value is -2.46. The van der Waals surface area contributed by atoms with Gasteiger partial charge in [-0.25, -0.2) is 4.79 Å². The standard InChI is InChI=1S/C19H17NO2S/c1-3-15(19(21)22-2)17-12-23-18-10-9-14(11-16(17)18)20-13-7-5-4-6-8-13/h3-10,12H,11H2,1-2H3. The number of benzene rings is 1. The highest BCUT2D eigenvalue weighted by Crippen LogP contribution is 2.33. The average Bonchev–Trinajstić information content (AvgIpc) is 2.99. The molecule has 1 aromatic heterocycles. The molecule has 0 saturated heterocycles. The number of carbonyl (C=O) groups excluding carboxylic acids is 1. The molecule has 1 aliphatic rings. The third kappa shape index (κ3) is 3.17. The van der Waals surface area contributed by atoms with Gasteiger partial charge in [-0.3, -0.25) is 4.99 Å². The first kappa shape index (κ1) is 15.4. The maximum absolute atomic E-state index is 12.0. The number of hydrogen-bond acceptors (Lipinski definition) is 4. The first-order valence-corrected chi connectivity index (χ1v) is 8.27. The second-order valence-corrected chi connectivity index (χ2v) is 6.05. The number of hydrogen-bond donors (Lipinski definition) is 0. The minimum absolute atomic E-state index is 0.302. The molecule has 0 atom stereocenters. The Kier molecular flexibility index (Phi) is 4.53. The molecule has 0 saturated carbocycles. The van der Waals surface area contributed by atoms with Gasteiger partial charge in [-0.1, -0.05) is 24.3 Å². The highest BCUT2D eigenvalue weighted by molar-refractivity contribution is 7.11. The Labute approximate surface area is 139 Å². The second-order valence-electron chi connectivity index (χ2n) is 5.13. The molecule has 0 unspecified atom stereocenters. The van der Waals surface area contributed by atoms with E-state index in [1.54, 1.807) is 17.4 Å². The van der Waals surface area contributed by atoms with Gasteiger partial charge in [0.15, 0.2) is 0 Å². The molecule has 1 heterocycles. The summed E-state index contributed by atoms with van der Waals surface area (Å²) in [5.41, 5.74) is 4.63. The van der Waals surface area contributed by atoms with Gasteiger partial charge in [0.05, 0.1) is 18.4 Å². The summed E-state index contributed by atoms with van der Waals surface area (Å²) in [5.74, 6) is -0.302. The predicted molar refractivity (Wildman–Crippen MR) is 96.3 cm³/mol. The van der Waals surface area contributed by atoms with E-state index < -0.39 is 0 Å². The fourth-order valence-electron chi connectivity index (χ4n) is 2.60. The lowest BCUT2D eigenvalue weighted by molar-refractivity contribution is -0.133. The molecule has 3 nitrogen and oxygen atoms in total. The van der Waals surface area contributed by atoms with E-state index in [1.807, 2.05) is 48.7 Å². The molecule has 0 bridgehead atoms. The van der Waals surface area contributed by atoms with E-state index in [-0.39, 0.29) is 5.97 Å². The summed E-state index contributed by atoms with van der Waals surface area (Å²) in [6.07, 6.45) is 6.64. The number of methoxy groups -OCH3 is 1. The molecule has 116 valence electrons. The minimum atomic E-state index is -0.302. The van der Waals surface area contributed by atoms with Crippen LogP contribution in [0.15, 0.2) is 52.9 Å². The Morgan fingerprint density at radius 3 is 2.74 bits per heavy atom. The Balaban J connectivity index is 1.96. The lowest BCUT2D eigenvalue weighted by Crippen LogP contribution is -2.09. The highest BCUT2D eigenvalue weighted by Gasteiger charge is 2.21. The topological polar surface area (TPSA) is 38.7 Å². The quantitative estimate of drug-likeness (QED) is 0.608. The minimum Gasteiger partial charge on any atom is -0.465 e. The third-order valence-electron chi connectivity index (χ3n) is 3.72. The molecule has 0 amide bonds. The number of nitrogens with zero attached hydrogens (tertiary/aromatic N) is 1. The van der Waals surface area contributed by atoms with Crippen LogP contribution >= 0.6 is 11.3 Å². The van der Waals surface area contributed by atoms with E-state index in [4.69, 9.17) is 4.74 Å². The van der Waals surface area contributed by atoms with Crippen molar-refractivity contribution in [2.75, 3.05) is 7.11 Å². The SMILES string of the molecule is CC=C(C(=O)OC)c1csc2c1CC(=Nc1ccccc1)C=C2.